The minimum absolute atomic E-state index is 0.745. The zero-order valence-corrected chi connectivity index (χ0v) is 11.0. The summed E-state index contributed by atoms with van der Waals surface area (Å²) in [4.78, 5) is 12.7. The summed E-state index contributed by atoms with van der Waals surface area (Å²) in [6.45, 7) is 1.94. The molecule has 0 spiro atoms. The molecule has 2 aromatic heterocycles. The van der Waals surface area contributed by atoms with Crippen LogP contribution in [-0.2, 0) is 0 Å². The summed E-state index contributed by atoms with van der Waals surface area (Å²) in [7, 11) is 0. The maximum Gasteiger partial charge on any atom is 0.141 e. The second-order valence-corrected chi connectivity index (χ2v) is 4.42. The molecule has 0 aliphatic rings. The van der Waals surface area contributed by atoms with Crippen LogP contribution in [0.2, 0.25) is 0 Å². The molecule has 0 fully saturated rings. The predicted octanol–water partition coefficient (Wildman–Crippen LogP) is 3.06. The van der Waals surface area contributed by atoms with E-state index in [2.05, 4.69) is 26.2 Å². The van der Waals surface area contributed by atoms with Crippen LogP contribution >= 0.6 is 0 Å². The lowest BCUT2D eigenvalue weighted by atomic mass is 10.2. The fraction of sp³-hybridized carbons (Fsp3) is 0.0625. The second-order valence-electron chi connectivity index (χ2n) is 4.42. The first kappa shape index (κ1) is 12.1. The molecule has 0 bridgehead atoms. The van der Waals surface area contributed by atoms with Gasteiger partial charge in [-0.3, -0.25) is 4.98 Å². The molecule has 0 aliphatic heterocycles. The highest BCUT2D eigenvalue weighted by Crippen LogP contribution is 2.23. The minimum Gasteiger partial charge on any atom is -0.340 e. The highest BCUT2D eigenvalue weighted by atomic mass is 15.0. The van der Waals surface area contributed by atoms with Crippen LogP contribution in [0.1, 0.15) is 11.3 Å². The molecule has 2 heterocycles. The Hall–Kier alpha value is -2.93. The largest absolute Gasteiger partial charge is 0.340 e. The quantitative estimate of drug-likeness (QED) is 0.719. The third-order valence-electron chi connectivity index (χ3n) is 2.95. The normalized spacial score (nSPS) is 10.2. The van der Waals surface area contributed by atoms with E-state index in [0.29, 0.717) is 0 Å². The van der Waals surface area contributed by atoms with Crippen LogP contribution < -0.4 is 5.32 Å². The van der Waals surface area contributed by atoms with Crippen molar-refractivity contribution in [2.45, 2.75) is 6.92 Å². The van der Waals surface area contributed by atoms with Crippen molar-refractivity contribution < 1.29 is 0 Å². The van der Waals surface area contributed by atoms with Crippen LogP contribution in [0, 0.1) is 19.3 Å². The molecule has 0 radical (unpaired) electrons. The van der Waals surface area contributed by atoms with Crippen LogP contribution in [0.15, 0.2) is 42.9 Å². The van der Waals surface area contributed by atoms with E-state index in [-0.39, 0.29) is 0 Å². The number of pyridine rings is 1. The lowest BCUT2D eigenvalue weighted by Crippen LogP contribution is -1.97. The molecule has 0 amide bonds. The number of terminal acetylenes is 1. The molecular formula is C16H12N4. The maximum absolute atomic E-state index is 5.41. The second kappa shape index (κ2) is 4.98. The molecule has 4 heteroatoms. The van der Waals surface area contributed by atoms with E-state index >= 15 is 0 Å². The highest BCUT2D eigenvalue weighted by Gasteiger charge is 2.05. The molecule has 0 aliphatic carbocycles. The molecule has 1 N–H and O–H groups in total. The van der Waals surface area contributed by atoms with Gasteiger partial charge in [0.25, 0.3) is 0 Å². The Morgan fingerprint density at radius 2 is 2.05 bits per heavy atom. The fourth-order valence-corrected chi connectivity index (χ4v) is 1.99. The van der Waals surface area contributed by atoms with E-state index in [1.54, 1.807) is 6.20 Å². The SMILES string of the molecule is C#Cc1cccc(Nc2ncnc3cnc(C)cc23)c1. The van der Waals surface area contributed by atoms with Crippen molar-refractivity contribution in [2.24, 2.45) is 0 Å². The van der Waals surface area contributed by atoms with Crippen molar-refractivity contribution >= 4 is 22.4 Å². The molecule has 0 unspecified atom stereocenters. The summed E-state index contributed by atoms with van der Waals surface area (Å²) in [6.07, 6.45) is 8.68. The molecule has 0 saturated carbocycles. The average Bonchev–Trinajstić information content (AvgIpc) is 2.48. The molecule has 4 nitrogen and oxygen atoms in total. The fourth-order valence-electron chi connectivity index (χ4n) is 1.99. The van der Waals surface area contributed by atoms with Crippen molar-refractivity contribution in [3.05, 3.63) is 54.1 Å². The van der Waals surface area contributed by atoms with Crippen LogP contribution in [0.3, 0.4) is 0 Å². The first-order valence-corrected chi connectivity index (χ1v) is 6.17. The smallest absolute Gasteiger partial charge is 0.141 e. The van der Waals surface area contributed by atoms with Crippen molar-refractivity contribution in [3.63, 3.8) is 0 Å². The summed E-state index contributed by atoms with van der Waals surface area (Å²) in [5.74, 6) is 3.36. The Morgan fingerprint density at radius 1 is 1.15 bits per heavy atom. The van der Waals surface area contributed by atoms with Crippen molar-refractivity contribution in [1.29, 1.82) is 0 Å². The van der Waals surface area contributed by atoms with Crippen LogP contribution in [0.4, 0.5) is 11.5 Å². The van der Waals surface area contributed by atoms with Crippen molar-refractivity contribution in [2.75, 3.05) is 5.32 Å². The number of hydrogen-bond acceptors (Lipinski definition) is 4. The van der Waals surface area contributed by atoms with Gasteiger partial charge >= 0.3 is 0 Å². The van der Waals surface area contributed by atoms with Gasteiger partial charge in [0.2, 0.25) is 0 Å². The Morgan fingerprint density at radius 3 is 2.90 bits per heavy atom. The van der Waals surface area contributed by atoms with Gasteiger partial charge in [0.1, 0.15) is 12.1 Å². The van der Waals surface area contributed by atoms with Crippen LogP contribution in [-0.4, -0.2) is 15.0 Å². The van der Waals surface area contributed by atoms with Gasteiger partial charge in [0.15, 0.2) is 0 Å². The number of benzene rings is 1. The maximum atomic E-state index is 5.41. The topological polar surface area (TPSA) is 50.7 Å². The lowest BCUT2D eigenvalue weighted by Gasteiger charge is -2.08. The molecule has 1 aromatic carbocycles. The summed E-state index contributed by atoms with van der Waals surface area (Å²) in [6, 6.07) is 9.61. The molecule has 96 valence electrons. The zero-order chi connectivity index (χ0) is 13.9. The number of nitrogens with one attached hydrogen (secondary N) is 1. The predicted molar refractivity (Wildman–Crippen MR) is 79.7 cm³/mol. The van der Waals surface area contributed by atoms with Crippen LogP contribution in [0.5, 0.6) is 0 Å². The van der Waals surface area contributed by atoms with Gasteiger partial charge in [-0.05, 0) is 31.2 Å². The summed E-state index contributed by atoms with van der Waals surface area (Å²) < 4.78 is 0. The van der Waals surface area contributed by atoms with Gasteiger partial charge < -0.3 is 5.32 Å². The Balaban J connectivity index is 2.06. The number of aryl methyl sites for hydroxylation is 1. The Labute approximate surface area is 116 Å². The average molecular weight is 260 g/mol. The number of aromatic nitrogens is 3. The van der Waals surface area contributed by atoms with E-state index in [0.717, 1.165) is 33.7 Å². The third-order valence-corrected chi connectivity index (χ3v) is 2.95. The Kier molecular flexibility index (Phi) is 3.02. The van der Waals surface area contributed by atoms with E-state index < -0.39 is 0 Å². The van der Waals surface area contributed by atoms with E-state index in [1.165, 1.54) is 6.33 Å². The van der Waals surface area contributed by atoms with Gasteiger partial charge in [-0.15, -0.1) is 6.42 Å². The first-order valence-electron chi connectivity index (χ1n) is 6.17. The summed E-state index contributed by atoms with van der Waals surface area (Å²) in [5, 5.41) is 4.21. The van der Waals surface area contributed by atoms with Crippen molar-refractivity contribution in [3.8, 4) is 12.3 Å². The van der Waals surface area contributed by atoms with Gasteiger partial charge in [-0.25, -0.2) is 9.97 Å². The Bertz CT molecular complexity index is 818. The zero-order valence-electron chi connectivity index (χ0n) is 11.0. The number of hydrogen-bond donors (Lipinski definition) is 1. The van der Waals surface area contributed by atoms with E-state index in [9.17, 15) is 0 Å². The van der Waals surface area contributed by atoms with Crippen molar-refractivity contribution in [1.82, 2.24) is 15.0 Å². The summed E-state index contributed by atoms with van der Waals surface area (Å²) >= 11 is 0. The third kappa shape index (κ3) is 2.29. The monoisotopic (exact) mass is 260 g/mol. The number of rotatable bonds is 2. The van der Waals surface area contributed by atoms with E-state index in [1.807, 2.05) is 37.3 Å². The lowest BCUT2D eigenvalue weighted by molar-refractivity contribution is 1.17. The number of nitrogens with zero attached hydrogens (tertiary/aromatic N) is 3. The molecule has 3 rings (SSSR count). The minimum atomic E-state index is 0.745. The molecule has 0 atom stereocenters. The van der Waals surface area contributed by atoms with Crippen LogP contribution in [0.25, 0.3) is 10.9 Å². The van der Waals surface area contributed by atoms with Gasteiger partial charge in [0.05, 0.1) is 11.7 Å². The standard InChI is InChI=1S/C16H12N4/c1-3-12-5-4-6-13(8-12)20-16-14-7-11(2)17-9-15(14)18-10-19-16/h1,4-10H,2H3,(H,18,19,20). The number of fused-ring (bicyclic) bond motifs is 1. The van der Waals surface area contributed by atoms with Gasteiger partial charge in [-0.2, -0.15) is 0 Å². The van der Waals surface area contributed by atoms with Gasteiger partial charge in [-0.1, -0.05) is 12.0 Å². The number of anilines is 2. The molecule has 3 aromatic rings. The summed E-state index contributed by atoms with van der Waals surface area (Å²) in [5.41, 5.74) is 3.45. The van der Waals surface area contributed by atoms with E-state index in [4.69, 9.17) is 6.42 Å². The molecule has 20 heavy (non-hydrogen) atoms. The molecule has 0 saturated heterocycles. The molecular weight excluding hydrogens is 248 g/mol. The van der Waals surface area contributed by atoms with Gasteiger partial charge in [0, 0.05) is 22.3 Å². The highest BCUT2D eigenvalue weighted by molar-refractivity contribution is 5.90. The first-order chi connectivity index (χ1) is 9.76.